The largest absolute Gasteiger partial charge is 0.314 e. The fourth-order valence-electron chi connectivity index (χ4n) is 2.05. The Labute approximate surface area is 75.3 Å². The highest BCUT2D eigenvalue weighted by Crippen LogP contribution is 2.47. The second-order valence-corrected chi connectivity index (χ2v) is 5.27. The van der Waals surface area contributed by atoms with E-state index in [1.807, 2.05) is 0 Å². The van der Waals surface area contributed by atoms with Crippen LogP contribution in [0.25, 0.3) is 0 Å². The number of nitrogens with one attached hydrogen (secondary N) is 1. The number of nitrogens with zero attached hydrogens (tertiary/aromatic N) is 1. The van der Waals surface area contributed by atoms with Gasteiger partial charge in [0.05, 0.1) is 0 Å². The van der Waals surface area contributed by atoms with Crippen LogP contribution in [0.3, 0.4) is 0 Å². The lowest BCUT2D eigenvalue weighted by Crippen LogP contribution is -2.46. The lowest BCUT2D eigenvalue weighted by molar-refractivity contribution is 0.152. The van der Waals surface area contributed by atoms with E-state index in [1.165, 1.54) is 25.9 Å². The molecule has 70 valence electrons. The topological polar surface area (TPSA) is 15.3 Å². The van der Waals surface area contributed by atoms with Crippen LogP contribution in [0.15, 0.2) is 0 Å². The lowest BCUT2D eigenvalue weighted by atomic mass is 10.0. The average molecular weight is 168 g/mol. The van der Waals surface area contributed by atoms with Gasteiger partial charge in [0, 0.05) is 25.2 Å². The third-order valence-corrected chi connectivity index (χ3v) is 3.62. The van der Waals surface area contributed by atoms with E-state index in [0.29, 0.717) is 11.0 Å². The molecule has 2 rings (SSSR count). The molecule has 2 aliphatic rings. The second-order valence-electron chi connectivity index (χ2n) is 5.27. The van der Waals surface area contributed by atoms with Gasteiger partial charge in [0.1, 0.15) is 0 Å². The maximum absolute atomic E-state index is 3.58. The summed E-state index contributed by atoms with van der Waals surface area (Å²) in [6.45, 7) is 8.29. The fraction of sp³-hybridized carbons (Fsp3) is 1.00. The Balaban J connectivity index is 2.08. The van der Waals surface area contributed by atoms with Gasteiger partial charge in [-0.2, -0.15) is 0 Å². The van der Waals surface area contributed by atoms with Crippen LogP contribution in [0.5, 0.6) is 0 Å². The molecule has 1 saturated carbocycles. The first-order valence-corrected chi connectivity index (χ1v) is 4.96. The molecule has 1 N–H and O–H groups in total. The van der Waals surface area contributed by atoms with Gasteiger partial charge >= 0.3 is 0 Å². The first kappa shape index (κ1) is 8.52. The SMILES string of the molecule is CN1CC2(CC2)CNCC1(C)C. The van der Waals surface area contributed by atoms with Crippen molar-refractivity contribution in [1.29, 1.82) is 0 Å². The number of rotatable bonds is 0. The summed E-state index contributed by atoms with van der Waals surface area (Å²) in [6.07, 6.45) is 2.86. The zero-order valence-electron chi connectivity index (χ0n) is 8.48. The highest BCUT2D eigenvalue weighted by molar-refractivity contribution is 5.02. The van der Waals surface area contributed by atoms with Gasteiger partial charge in [-0.1, -0.05) is 0 Å². The monoisotopic (exact) mass is 168 g/mol. The van der Waals surface area contributed by atoms with Gasteiger partial charge in [0.15, 0.2) is 0 Å². The van der Waals surface area contributed by atoms with Crippen LogP contribution in [-0.2, 0) is 0 Å². The van der Waals surface area contributed by atoms with Gasteiger partial charge in [-0.05, 0) is 39.2 Å². The maximum Gasteiger partial charge on any atom is 0.0274 e. The molecular formula is C10H20N2. The summed E-state index contributed by atoms with van der Waals surface area (Å²) in [5.41, 5.74) is 0.995. The predicted molar refractivity (Wildman–Crippen MR) is 51.2 cm³/mol. The summed E-state index contributed by atoms with van der Waals surface area (Å²) in [6, 6.07) is 0. The third-order valence-electron chi connectivity index (χ3n) is 3.62. The van der Waals surface area contributed by atoms with E-state index in [4.69, 9.17) is 0 Å². The quantitative estimate of drug-likeness (QED) is 0.582. The minimum absolute atomic E-state index is 0.339. The summed E-state index contributed by atoms with van der Waals surface area (Å²) >= 11 is 0. The van der Waals surface area contributed by atoms with Crippen molar-refractivity contribution in [3.8, 4) is 0 Å². The molecule has 12 heavy (non-hydrogen) atoms. The van der Waals surface area contributed by atoms with Crippen molar-refractivity contribution < 1.29 is 0 Å². The smallest absolute Gasteiger partial charge is 0.0274 e. The summed E-state index contributed by atoms with van der Waals surface area (Å²) in [4.78, 5) is 2.51. The minimum Gasteiger partial charge on any atom is -0.314 e. The fourth-order valence-corrected chi connectivity index (χ4v) is 2.05. The van der Waals surface area contributed by atoms with E-state index in [-0.39, 0.29) is 0 Å². The Kier molecular flexibility index (Phi) is 1.74. The normalized spacial score (nSPS) is 33.2. The first-order valence-electron chi connectivity index (χ1n) is 4.96. The Morgan fingerprint density at radius 2 is 1.83 bits per heavy atom. The van der Waals surface area contributed by atoms with Gasteiger partial charge in [-0.15, -0.1) is 0 Å². The highest BCUT2D eigenvalue weighted by atomic mass is 15.2. The zero-order chi connectivity index (χ0) is 8.82. The van der Waals surface area contributed by atoms with Crippen LogP contribution in [0, 0.1) is 5.41 Å². The van der Waals surface area contributed by atoms with Crippen LogP contribution in [0.2, 0.25) is 0 Å². The van der Waals surface area contributed by atoms with Crippen molar-refractivity contribution in [3.63, 3.8) is 0 Å². The molecule has 2 nitrogen and oxygen atoms in total. The van der Waals surface area contributed by atoms with Crippen molar-refractivity contribution in [2.45, 2.75) is 32.2 Å². The molecule has 0 bridgehead atoms. The van der Waals surface area contributed by atoms with Gasteiger partial charge in [0.2, 0.25) is 0 Å². The van der Waals surface area contributed by atoms with Crippen LogP contribution in [0.4, 0.5) is 0 Å². The molecule has 2 fully saturated rings. The predicted octanol–water partition coefficient (Wildman–Crippen LogP) is 1.08. The molecule has 0 unspecified atom stereocenters. The molecule has 0 aromatic carbocycles. The standard InChI is InChI=1S/C10H20N2/c1-9(2)6-11-7-10(4-5-10)8-12(9)3/h11H,4-8H2,1-3H3. The molecule has 0 aromatic heterocycles. The zero-order valence-corrected chi connectivity index (χ0v) is 8.48. The molecule has 0 aromatic rings. The molecule has 1 aliphatic heterocycles. The van der Waals surface area contributed by atoms with E-state index >= 15 is 0 Å². The maximum atomic E-state index is 3.58. The van der Waals surface area contributed by atoms with Crippen molar-refractivity contribution in [2.75, 3.05) is 26.7 Å². The Morgan fingerprint density at radius 1 is 1.17 bits per heavy atom. The van der Waals surface area contributed by atoms with Gasteiger partial charge in [-0.25, -0.2) is 0 Å². The van der Waals surface area contributed by atoms with Gasteiger partial charge in [0.25, 0.3) is 0 Å². The molecule has 2 heteroatoms. The average Bonchev–Trinajstić information content (AvgIpc) is 2.68. The molecule has 1 heterocycles. The van der Waals surface area contributed by atoms with Gasteiger partial charge in [-0.3, -0.25) is 4.90 Å². The van der Waals surface area contributed by atoms with Crippen LogP contribution in [0.1, 0.15) is 26.7 Å². The van der Waals surface area contributed by atoms with Crippen LogP contribution >= 0.6 is 0 Å². The first-order chi connectivity index (χ1) is 5.54. The van der Waals surface area contributed by atoms with Gasteiger partial charge < -0.3 is 5.32 Å². The minimum atomic E-state index is 0.339. The van der Waals surface area contributed by atoms with Crippen LogP contribution in [-0.4, -0.2) is 37.1 Å². The Hall–Kier alpha value is -0.0800. The Bertz CT molecular complexity index is 182. The number of hydrogen-bond acceptors (Lipinski definition) is 2. The molecule has 0 radical (unpaired) electrons. The van der Waals surface area contributed by atoms with E-state index in [9.17, 15) is 0 Å². The molecule has 1 saturated heterocycles. The summed E-state index contributed by atoms with van der Waals surface area (Å²) in [7, 11) is 2.26. The van der Waals surface area contributed by atoms with Crippen LogP contribution < -0.4 is 5.32 Å². The van der Waals surface area contributed by atoms with E-state index in [0.717, 1.165) is 6.54 Å². The van der Waals surface area contributed by atoms with Crippen molar-refractivity contribution in [2.24, 2.45) is 5.41 Å². The highest BCUT2D eigenvalue weighted by Gasteiger charge is 2.46. The van der Waals surface area contributed by atoms with Crippen molar-refractivity contribution >= 4 is 0 Å². The molecule has 1 aliphatic carbocycles. The summed E-state index contributed by atoms with van der Waals surface area (Å²) < 4.78 is 0. The van der Waals surface area contributed by atoms with E-state index in [2.05, 4.69) is 31.1 Å². The van der Waals surface area contributed by atoms with Crippen molar-refractivity contribution in [1.82, 2.24) is 10.2 Å². The Morgan fingerprint density at radius 3 is 2.42 bits per heavy atom. The lowest BCUT2D eigenvalue weighted by Gasteiger charge is -2.34. The number of hydrogen-bond donors (Lipinski definition) is 1. The molecule has 1 spiro atoms. The van der Waals surface area contributed by atoms with E-state index < -0.39 is 0 Å². The van der Waals surface area contributed by atoms with Crippen molar-refractivity contribution in [3.05, 3.63) is 0 Å². The number of likely N-dealkylation sites (N-methyl/N-ethyl adjacent to an activating group) is 1. The van der Waals surface area contributed by atoms with E-state index in [1.54, 1.807) is 0 Å². The molecule has 0 amide bonds. The molecular weight excluding hydrogens is 148 g/mol. The summed E-state index contributed by atoms with van der Waals surface area (Å²) in [5.74, 6) is 0. The second kappa shape index (κ2) is 2.46. The molecule has 0 atom stereocenters. The summed E-state index contributed by atoms with van der Waals surface area (Å²) in [5, 5.41) is 3.58. The third kappa shape index (κ3) is 1.38.